The quantitative estimate of drug-likeness (QED) is 0.756. The van der Waals surface area contributed by atoms with Crippen LogP contribution in [-0.4, -0.2) is 27.3 Å². The zero-order chi connectivity index (χ0) is 9.84. The van der Waals surface area contributed by atoms with Crippen LogP contribution in [0.2, 0.25) is 0 Å². The van der Waals surface area contributed by atoms with Gasteiger partial charge in [0.1, 0.15) is 0 Å². The van der Waals surface area contributed by atoms with Crippen LogP contribution < -0.4 is 5.32 Å². The maximum atomic E-state index is 11.8. The SMILES string of the molecule is CCCC1NC(C)CS(=O)C1CC. The highest BCUT2D eigenvalue weighted by Crippen LogP contribution is 2.18. The van der Waals surface area contributed by atoms with Crippen molar-refractivity contribution in [1.82, 2.24) is 5.32 Å². The zero-order valence-corrected chi connectivity index (χ0v) is 9.69. The molecule has 4 atom stereocenters. The van der Waals surface area contributed by atoms with Crippen LogP contribution >= 0.6 is 0 Å². The van der Waals surface area contributed by atoms with Gasteiger partial charge in [-0.2, -0.15) is 0 Å². The Labute approximate surface area is 83.9 Å². The van der Waals surface area contributed by atoms with E-state index in [-0.39, 0.29) is 0 Å². The molecule has 0 aliphatic carbocycles. The molecule has 1 N–H and O–H groups in total. The van der Waals surface area contributed by atoms with Gasteiger partial charge in [-0.15, -0.1) is 0 Å². The molecule has 3 heteroatoms. The Morgan fingerprint density at radius 1 is 1.46 bits per heavy atom. The van der Waals surface area contributed by atoms with Crippen LogP contribution in [0.3, 0.4) is 0 Å². The van der Waals surface area contributed by atoms with Crippen LogP contribution in [0.1, 0.15) is 40.0 Å². The summed E-state index contributed by atoms with van der Waals surface area (Å²) < 4.78 is 11.8. The van der Waals surface area contributed by atoms with Gasteiger partial charge in [0.25, 0.3) is 0 Å². The molecular weight excluding hydrogens is 182 g/mol. The van der Waals surface area contributed by atoms with Gasteiger partial charge in [0.2, 0.25) is 0 Å². The van der Waals surface area contributed by atoms with Crippen LogP contribution in [0.5, 0.6) is 0 Å². The third-order valence-corrected chi connectivity index (χ3v) is 4.87. The number of nitrogens with one attached hydrogen (secondary N) is 1. The summed E-state index contributed by atoms with van der Waals surface area (Å²) in [6.45, 7) is 6.46. The average Bonchev–Trinajstić information content (AvgIpc) is 2.04. The van der Waals surface area contributed by atoms with E-state index in [0.29, 0.717) is 17.3 Å². The van der Waals surface area contributed by atoms with Crippen molar-refractivity contribution >= 4 is 10.8 Å². The molecule has 1 aliphatic rings. The molecule has 13 heavy (non-hydrogen) atoms. The highest BCUT2D eigenvalue weighted by molar-refractivity contribution is 7.85. The minimum atomic E-state index is -0.602. The average molecular weight is 203 g/mol. The molecule has 2 nitrogen and oxygen atoms in total. The van der Waals surface area contributed by atoms with Crippen LogP contribution in [0.25, 0.3) is 0 Å². The molecule has 1 fully saturated rings. The van der Waals surface area contributed by atoms with E-state index in [4.69, 9.17) is 0 Å². The Morgan fingerprint density at radius 2 is 2.15 bits per heavy atom. The van der Waals surface area contributed by atoms with Crippen molar-refractivity contribution in [2.24, 2.45) is 0 Å². The van der Waals surface area contributed by atoms with E-state index >= 15 is 0 Å². The second kappa shape index (κ2) is 5.11. The highest BCUT2D eigenvalue weighted by atomic mass is 32.2. The zero-order valence-electron chi connectivity index (χ0n) is 8.88. The Morgan fingerprint density at radius 3 is 2.69 bits per heavy atom. The van der Waals surface area contributed by atoms with Crippen molar-refractivity contribution in [1.29, 1.82) is 0 Å². The fraction of sp³-hybridized carbons (Fsp3) is 1.00. The Kier molecular flexibility index (Phi) is 4.39. The number of rotatable bonds is 3. The number of hydrogen-bond acceptors (Lipinski definition) is 2. The van der Waals surface area contributed by atoms with Gasteiger partial charge < -0.3 is 5.32 Å². The summed E-state index contributed by atoms with van der Waals surface area (Å²) in [5, 5.41) is 3.94. The predicted octanol–water partition coefficient (Wildman–Crippen LogP) is 1.67. The molecule has 0 aromatic carbocycles. The van der Waals surface area contributed by atoms with E-state index in [1.807, 2.05) is 0 Å². The van der Waals surface area contributed by atoms with E-state index in [2.05, 4.69) is 26.1 Å². The minimum absolute atomic E-state index is 0.385. The van der Waals surface area contributed by atoms with Crippen molar-refractivity contribution in [3.8, 4) is 0 Å². The van der Waals surface area contributed by atoms with Crippen LogP contribution in [0.15, 0.2) is 0 Å². The summed E-state index contributed by atoms with van der Waals surface area (Å²) in [6, 6.07) is 0.916. The van der Waals surface area contributed by atoms with Gasteiger partial charge in [0.15, 0.2) is 0 Å². The van der Waals surface area contributed by atoms with Gasteiger partial charge in [-0.1, -0.05) is 20.3 Å². The minimum Gasteiger partial charge on any atom is -0.309 e. The first-order valence-electron chi connectivity index (χ1n) is 5.32. The molecule has 1 rings (SSSR count). The molecule has 0 aromatic heterocycles. The topological polar surface area (TPSA) is 29.1 Å². The summed E-state index contributed by atoms with van der Waals surface area (Å²) in [4.78, 5) is 0. The molecule has 0 saturated carbocycles. The van der Waals surface area contributed by atoms with Gasteiger partial charge in [0.05, 0.1) is 0 Å². The Hall–Kier alpha value is 0.110. The van der Waals surface area contributed by atoms with Gasteiger partial charge in [-0.3, -0.25) is 4.21 Å². The molecule has 0 aromatic rings. The van der Waals surface area contributed by atoms with Crippen molar-refractivity contribution in [3.63, 3.8) is 0 Å². The largest absolute Gasteiger partial charge is 0.309 e. The lowest BCUT2D eigenvalue weighted by Crippen LogP contribution is -2.53. The summed E-state index contributed by atoms with van der Waals surface area (Å²) in [5.41, 5.74) is 0. The first kappa shape index (κ1) is 11.2. The van der Waals surface area contributed by atoms with Gasteiger partial charge in [-0.25, -0.2) is 0 Å². The first-order chi connectivity index (χ1) is 6.19. The molecule has 0 spiro atoms. The van der Waals surface area contributed by atoms with E-state index in [1.54, 1.807) is 0 Å². The summed E-state index contributed by atoms with van der Waals surface area (Å²) in [5.74, 6) is 0.832. The molecule has 1 aliphatic heterocycles. The van der Waals surface area contributed by atoms with E-state index in [9.17, 15) is 4.21 Å². The lowest BCUT2D eigenvalue weighted by Gasteiger charge is -2.35. The van der Waals surface area contributed by atoms with Crippen molar-refractivity contribution in [2.75, 3.05) is 5.75 Å². The molecule has 0 radical (unpaired) electrons. The van der Waals surface area contributed by atoms with Crippen LogP contribution in [0, 0.1) is 0 Å². The molecule has 1 saturated heterocycles. The molecule has 0 amide bonds. The third-order valence-electron chi connectivity index (χ3n) is 2.70. The maximum Gasteiger partial charge on any atom is 0.0499 e. The van der Waals surface area contributed by atoms with Crippen molar-refractivity contribution in [3.05, 3.63) is 0 Å². The van der Waals surface area contributed by atoms with E-state index in [0.717, 1.165) is 18.6 Å². The summed E-state index contributed by atoms with van der Waals surface area (Å²) in [7, 11) is -0.602. The summed E-state index contributed by atoms with van der Waals surface area (Å²) in [6.07, 6.45) is 3.38. The predicted molar refractivity (Wildman–Crippen MR) is 58.4 cm³/mol. The van der Waals surface area contributed by atoms with Gasteiger partial charge in [-0.05, 0) is 19.8 Å². The Bertz CT molecular complexity index is 184. The first-order valence-corrected chi connectivity index (χ1v) is 6.70. The summed E-state index contributed by atoms with van der Waals surface area (Å²) >= 11 is 0. The fourth-order valence-electron chi connectivity index (χ4n) is 2.12. The molecule has 78 valence electrons. The number of hydrogen-bond donors (Lipinski definition) is 1. The normalized spacial score (nSPS) is 40.5. The van der Waals surface area contributed by atoms with Crippen LogP contribution in [0.4, 0.5) is 0 Å². The van der Waals surface area contributed by atoms with Crippen molar-refractivity contribution in [2.45, 2.75) is 57.4 Å². The van der Waals surface area contributed by atoms with Gasteiger partial charge >= 0.3 is 0 Å². The second-order valence-electron chi connectivity index (χ2n) is 3.96. The molecule has 4 unspecified atom stereocenters. The Balaban J connectivity index is 2.60. The second-order valence-corrected chi connectivity index (χ2v) is 5.66. The maximum absolute atomic E-state index is 11.8. The molecule has 0 bridgehead atoms. The highest BCUT2D eigenvalue weighted by Gasteiger charge is 2.31. The van der Waals surface area contributed by atoms with E-state index < -0.39 is 10.8 Å². The smallest absolute Gasteiger partial charge is 0.0499 e. The van der Waals surface area contributed by atoms with E-state index in [1.165, 1.54) is 6.42 Å². The molecular formula is C10H21NOS. The lowest BCUT2D eigenvalue weighted by molar-refractivity contribution is 0.396. The monoisotopic (exact) mass is 203 g/mol. The van der Waals surface area contributed by atoms with Gasteiger partial charge in [0, 0.05) is 33.9 Å². The van der Waals surface area contributed by atoms with Crippen LogP contribution in [-0.2, 0) is 10.8 Å². The molecule has 1 heterocycles. The lowest BCUT2D eigenvalue weighted by atomic mass is 10.1. The van der Waals surface area contributed by atoms with Crippen molar-refractivity contribution < 1.29 is 4.21 Å². The standard InChI is InChI=1S/C10H21NOS/c1-4-6-9-10(5-2)13(12)7-8(3)11-9/h8-11H,4-7H2,1-3H3. The third kappa shape index (κ3) is 2.78. The fourth-order valence-corrected chi connectivity index (χ4v) is 3.91.